The van der Waals surface area contributed by atoms with Gasteiger partial charge >= 0.3 is 0 Å². The average molecular weight is 325 g/mol. The summed E-state index contributed by atoms with van der Waals surface area (Å²) in [6.07, 6.45) is 5.23. The Bertz CT molecular complexity index is 751. The number of nitrogens with zero attached hydrogens (tertiary/aromatic N) is 3. The highest BCUT2D eigenvalue weighted by Gasteiger charge is 2.47. The summed E-state index contributed by atoms with van der Waals surface area (Å²) in [5, 5.41) is 0. The molecule has 3 heterocycles. The summed E-state index contributed by atoms with van der Waals surface area (Å²) < 4.78 is 13.5. The Hall–Kier alpha value is -2.27. The molecule has 5 heteroatoms. The first-order valence-electron chi connectivity index (χ1n) is 8.31. The summed E-state index contributed by atoms with van der Waals surface area (Å²) in [5.74, 6) is -0.199. The number of halogens is 1. The van der Waals surface area contributed by atoms with Gasteiger partial charge in [-0.05, 0) is 42.8 Å². The van der Waals surface area contributed by atoms with E-state index in [1.807, 2.05) is 18.3 Å². The lowest BCUT2D eigenvalue weighted by Gasteiger charge is -2.24. The fraction of sp³-hybridized carbons (Fsp3) is 0.368. The van der Waals surface area contributed by atoms with Crippen LogP contribution in [-0.4, -0.2) is 35.4 Å². The van der Waals surface area contributed by atoms with Gasteiger partial charge in [0.2, 0.25) is 5.91 Å². The van der Waals surface area contributed by atoms with Crippen molar-refractivity contribution in [3.05, 3.63) is 60.2 Å². The number of amides is 1. The normalized spacial score (nSPS) is 24.2. The predicted octanol–water partition coefficient (Wildman–Crippen LogP) is 2.85. The topological polar surface area (TPSA) is 36.4 Å². The number of hydrogen-bond donors (Lipinski definition) is 0. The molecule has 0 saturated carbocycles. The van der Waals surface area contributed by atoms with Crippen molar-refractivity contribution in [1.82, 2.24) is 9.88 Å². The van der Waals surface area contributed by atoms with Crippen molar-refractivity contribution in [3.63, 3.8) is 0 Å². The van der Waals surface area contributed by atoms with Crippen LogP contribution in [0.15, 0.2) is 48.8 Å². The minimum absolute atomic E-state index is 0.00832. The Balaban J connectivity index is 1.47. The molecule has 24 heavy (non-hydrogen) atoms. The van der Waals surface area contributed by atoms with Gasteiger partial charge in [-0.25, -0.2) is 4.39 Å². The van der Waals surface area contributed by atoms with Crippen LogP contribution in [0.1, 0.15) is 18.4 Å². The SMILES string of the molecule is O=C1C[C@@]2(CCN(Cc3cccnc3)C2)CN1c1cccc(F)c1. The number of carbonyl (C=O) groups is 1. The van der Waals surface area contributed by atoms with Crippen LogP contribution in [-0.2, 0) is 11.3 Å². The molecule has 1 aromatic heterocycles. The first-order valence-corrected chi connectivity index (χ1v) is 8.31. The molecular weight excluding hydrogens is 305 g/mol. The Morgan fingerprint density at radius 2 is 2.12 bits per heavy atom. The molecule has 0 unspecified atom stereocenters. The van der Waals surface area contributed by atoms with E-state index >= 15 is 0 Å². The molecule has 2 aromatic rings. The largest absolute Gasteiger partial charge is 0.312 e. The molecule has 0 aliphatic carbocycles. The number of carbonyl (C=O) groups excluding carboxylic acids is 1. The summed E-state index contributed by atoms with van der Waals surface area (Å²) >= 11 is 0. The molecule has 2 aliphatic heterocycles. The molecule has 1 spiro atoms. The number of hydrogen-bond acceptors (Lipinski definition) is 3. The van der Waals surface area contributed by atoms with Crippen LogP contribution in [0.5, 0.6) is 0 Å². The second kappa shape index (κ2) is 5.98. The van der Waals surface area contributed by atoms with Crippen molar-refractivity contribution < 1.29 is 9.18 Å². The molecule has 1 aromatic carbocycles. The highest BCUT2D eigenvalue weighted by Crippen LogP contribution is 2.42. The molecule has 4 rings (SSSR count). The van der Waals surface area contributed by atoms with E-state index < -0.39 is 0 Å². The Kier molecular flexibility index (Phi) is 3.81. The maximum Gasteiger partial charge on any atom is 0.227 e. The molecule has 124 valence electrons. The van der Waals surface area contributed by atoms with Crippen molar-refractivity contribution in [2.24, 2.45) is 5.41 Å². The molecule has 4 nitrogen and oxygen atoms in total. The predicted molar refractivity (Wildman–Crippen MR) is 89.9 cm³/mol. The smallest absolute Gasteiger partial charge is 0.227 e. The van der Waals surface area contributed by atoms with Gasteiger partial charge in [-0.1, -0.05) is 12.1 Å². The summed E-state index contributed by atoms with van der Waals surface area (Å²) in [7, 11) is 0. The molecule has 0 radical (unpaired) electrons. The van der Waals surface area contributed by atoms with Gasteiger partial charge in [0.15, 0.2) is 0 Å². The second-order valence-corrected chi connectivity index (χ2v) is 6.96. The molecule has 1 amide bonds. The van der Waals surface area contributed by atoms with Gasteiger partial charge in [-0.15, -0.1) is 0 Å². The van der Waals surface area contributed by atoms with Crippen LogP contribution < -0.4 is 4.90 Å². The zero-order chi connectivity index (χ0) is 16.6. The van der Waals surface area contributed by atoms with Crippen LogP contribution in [0.4, 0.5) is 10.1 Å². The first-order chi connectivity index (χ1) is 11.6. The second-order valence-electron chi connectivity index (χ2n) is 6.96. The van der Waals surface area contributed by atoms with Crippen LogP contribution in [0.3, 0.4) is 0 Å². The van der Waals surface area contributed by atoms with Crippen molar-refractivity contribution in [2.45, 2.75) is 19.4 Å². The van der Waals surface area contributed by atoms with E-state index in [1.54, 1.807) is 17.2 Å². The maximum atomic E-state index is 13.5. The summed E-state index contributed by atoms with van der Waals surface area (Å²) in [5.41, 5.74) is 1.86. The van der Waals surface area contributed by atoms with Crippen molar-refractivity contribution in [3.8, 4) is 0 Å². The van der Waals surface area contributed by atoms with Crippen molar-refractivity contribution in [1.29, 1.82) is 0 Å². The lowest BCUT2D eigenvalue weighted by atomic mass is 9.86. The third-order valence-corrected chi connectivity index (χ3v) is 5.09. The van der Waals surface area contributed by atoms with E-state index in [0.717, 1.165) is 26.1 Å². The molecule has 1 atom stereocenters. The lowest BCUT2D eigenvalue weighted by Crippen LogP contribution is -2.31. The minimum atomic E-state index is -0.300. The molecular formula is C19H20FN3O. The Labute approximate surface area is 140 Å². The Morgan fingerprint density at radius 3 is 2.92 bits per heavy atom. The van der Waals surface area contributed by atoms with E-state index in [1.165, 1.54) is 17.7 Å². The zero-order valence-electron chi connectivity index (χ0n) is 13.5. The summed E-state index contributed by atoms with van der Waals surface area (Å²) in [6.45, 7) is 3.43. The fourth-order valence-corrected chi connectivity index (χ4v) is 3.96. The van der Waals surface area contributed by atoms with E-state index in [4.69, 9.17) is 0 Å². The van der Waals surface area contributed by atoms with Crippen LogP contribution in [0.2, 0.25) is 0 Å². The van der Waals surface area contributed by atoms with E-state index in [-0.39, 0.29) is 17.1 Å². The number of likely N-dealkylation sites (tertiary alicyclic amines) is 1. The van der Waals surface area contributed by atoms with Gasteiger partial charge in [0.25, 0.3) is 0 Å². The molecule has 2 aliphatic rings. The fourth-order valence-electron chi connectivity index (χ4n) is 3.96. The van der Waals surface area contributed by atoms with Crippen molar-refractivity contribution in [2.75, 3.05) is 24.5 Å². The summed E-state index contributed by atoms with van der Waals surface area (Å²) in [4.78, 5) is 20.8. The lowest BCUT2D eigenvalue weighted by molar-refractivity contribution is -0.117. The van der Waals surface area contributed by atoms with E-state index in [9.17, 15) is 9.18 Å². The van der Waals surface area contributed by atoms with Gasteiger partial charge in [0.05, 0.1) is 0 Å². The minimum Gasteiger partial charge on any atom is -0.312 e. The quantitative estimate of drug-likeness (QED) is 0.871. The van der Waals surface area contributed by atoms with Gasteiger partial charge < -0.3 is 4.90 Å². The third-order valence-electron chi connectivity index (χ3n) is 5.09. The average Bonchev–Trinajstić information content (AvgIpc) is 3.11. The first kappa shape index (κ1) is 15.3. The molecule has 0 bridgehead atoms. The highest BCUT2D eigenvalue weighted by atomic mass is 19.1. The zero-order valence-corrected chi connectivity index (χ0v) is 13.5. The van der Waals surface area contributed by atoms with Crippen molar-refractivity contribution >= 4 is 11.6 Å². The third kappa shape index (κ3) is 2.91. The Morgan fingerprint density at radius 1 is 1.21 bits per heavy atom. The molecule has 2 fully saturated rings. The highest BCUT2D eigenvalue weighted by molar-refractivity contribution is 5.96. The number of aromatic nitrogens is 1. The number of anilines is 1. The monoisotopic (exact) mass is 325 g/mol. The van der Waals surface area contributed by atoms with Crippen LogP contribution in [0, 0.1) is 11.2 Å². The van der Waals surface area contributed by atoms with E-state index in [2.05, 4.69) is 16.0 Å². The maximum absolute atomic E-state index is 13.5. The van der Waals surface area contributed by atoms with Crippen LogP contribution >= 0.6 is 0 Å². The number of rotatable bonds is 3. The number of benzene rings is 1. The standard InChI is InChI=1S/C19H20FN3O/c20-16-4-1-5-17(9-16)23-14-19(10-18(23)24)6-8-22(13-19)12-15-3-2-7-21-11-15/h1-5,7,9,11H,6,8,10,12-14H2/t19-/m1/s1. The molecule has 2 saturated heterocycles. The van der Waals surface area contributed by atoms with Gasteiger partial charge in [0, 0.05) is 49.6 Å². The van der Waals surface area contributed by atoms with E-state index in [0.29, 0.717) is 18.7 Å². The van der Waals surface area contributed by atoms with Gasteiger partial charge in [-0.3, -0.25) is 14.7 Å². The van der Waals surface area contributed by atoms with Crippen LogP contribution in [0.25, 0.3) is 0 Å². The number of pyridine rings is 1. The van der Waals surface area contributed by atoms with Gasteiger partial charge in [-0.2, -0.15) is 0 Å². The summed E-state index contributed by atoms with van der Waals surface area (Å²) in [6, 6.07) is 10.3. The van der Waals surface area contributed by atoms with Gasteiger partial charge in [0.1, 0.15) is 5.82 Å². The molecule has 0 N–H and O–H groups in total.